The van der Waals surface area contributed by atoms with Crippen LogP contribution in [-0.2, 0) is 21.2 Å². The molecule has 134 valence electrons. The van der Waals surface area contributed by atoms with E-state index in [1.54, 1.807) is 12.1 Å². The SMILES string of the molecule is NS(=O)(=O)c1ccc(CCNC2CCCC2C2COCCN2)cc1. The van der Waals surface area contributed by atoms with Crippen molar-refractivity contribution < 1.29 is 13.2 Å². The van der Waals surface area contributed by atoms with Crippen LogP contribution in [-0.4, -0.2) is 46.8 Å². The van der Waals surface area contributed by atoms with Crippen molar-refractivity contribution in [3.8, 4) is 0 Å². The number of sulfonamides is 1. The van der Waals surface area contributed by atoms with Crippen LogP contribution in [0.15, 0.2) is 29.2 Å². The number of benzene rings is 1. The van der Waals surface area contributed by atoms with Gasteiger partial charge in [0, 0.05) is 18.6 Å². The molecule has 24 heavy (non-hydrogen) atoms. The van der Waals surface area contributed by atoms with Gasteiger partial charge >= 0.3 is 0 Å². The molecular weight excluding hydrogens is 326 g/mol. The highest BCUT2D eigenvalue weighted by molar-refractivity contribution is 7.89. The molecule has 0 bridgehead atoms. The molecule has 6 nitrogen and oxygen atoms in total. The fraction of sp³-hybridized carbons (Fsp3) is 0.647. The largest absolute Gasteiger partial charge is 0.379 e. The summed E-state index contributed by atoms with van der Waals surface area (Å²) in [5.41, 5.74) is 1.11. The smallest absolute Gasteiger partial charge is 0.238 e. The van der Waals surface area contributed by atoms with Gasteiger partial charge in [0.1, 0.15) is 0 Å². The third kappa shape index (κ3) is 4.55. The fourth-order valence-electron chi connectivity index (χ4n) is 3.83. The summed E-state index contributed by atoms with van der Waals surface area (Å²) in [6.07, 6.45) is 4.61. The summed E-state index contributed by atoms with van der Waals surface area (Å²) in [6, 6.07) is 7.83. The van der Waals surface area contributed by atoms with E-state index < -0.39 is 10.0 Å². The molecule has 3 unspecified atom stereocenters. The monoisotopic (exact) mass is 353 g/mol. The number of ether oxygens (including phenoxy) is 1. The second-order valence-electron chi connectivity index (χ2n) is 6.73. The zero-order valence-corrected chi connectivity index (χ0v) is 14.7. The van der Waals surface area contributed by atoms with Crippen LogP contribution in [0.25, 0.3) is 0 Å². The lowest BCUT2D eigenvalue weighted by Crippen LogP contribution is -2.51. The van der Waals surface area contributed by atoms with Gasteiger partial charge in [0.2, 0.25) is 10.0 Å². The van der Waals surface area contributed by atoms with Gasteiger partial charge in [0.05, 0.1) is 18.1 Å². The molecule has 2 fully saturated rings. The molecule has 3 atom stereocenters. The molecule has 1 saturated carbocycles. The maximum absolute atomic E-state index is 11.3. The van der Waals surface area contributed by atoms with Crippen molar-refractivity contribution in [2.75, 3.05) is 26.3 Å². The minimum Gasteiger partial charge on any atom is -0.379 e. The molecule has 4 N–H and O–H groups in total. The van der Waals surface area contributed by atoms with Gasteiger partial charge in [-0.3, -0.25) is 0 Å². The number of nitrogens with two attached hydrogens (primary N) is 1. The predicted octanol–water partition coefficient (Wildman–Crippen LogP) is 0.623. The zero-order valence-electron chi connectivity index (χ0n) is 13.9. The first-order valence-electron chi connectivity index (χ1n) is 8.70. The Kier molecular flexibility index (Phi) is 5.89. The standard InChI is InChI=1S/C17H27N3O3S/c18-24(21,22)14-6-4-13(5-7-14)8-9-19-16-3-1-2-15(16)17-12-23-11-10-20-17/h4-7,15-17,19-20H,1-3,8-12H2,(H2,18,21,22). The first-order chi connectivity index (χ1) is 11.5. The van der Waals surface area contributed by atoms with Crippen LogP contribution in [0.4, 0.5) is 0 Å². The highest BCUT2D eigenvalue weighted by Crippen LogP contribution is 2.29. The van der Waals surface area contributed by atoms with Crippen LogP contribution in [0.3, 0.4) is 0 Å². The van der Waals surface area contributed by atoms with Crippen molar-refractivity contribution >= 4 is 10.0 Å². The Morgan fingerprint density at radius 3 is 2.71 bits per heavy atom. The number of morpholine rings is 1. The minimum atomic E-state index is -3.61. The van der Waals surface area contributed by atoms with E-state index in [4.69, 9.17) is 9.88 Å². The van der Waals surface area contributed by atoms with E-state index in [2.05, 4.69) is 10.6 Å². The first kappa shape index (κ1) is 17.8. The van der Waals surface area contributed by atoms with Crippen molar-refractivity contribution in [3.63, 3.8) is 0 Å². The fourth-order valence-corrected chi connectivity index (χ4v) is 4.35. The third-order valence-corrected chi connectivity index (χ3v) is 6.04. The number of primary sulfonamides is 1. The Morgan fingerprint density at radius 1 is 1.25 bits per heavy atom. The summed E-state index contributed by atoms with van der Waals surface area (Å²) in [4.78, 5) is 0.165. The van der Waals surface area contributed by atoms with Gasteiger partial charge in [-0.1, -0.05) is 18.6 Å². The number of rotatable bonds is 6. The summed E-state index contributed by atoms with van der Waals surface area (Å²) >= 11 is 0. The van der Waals surface area contributed by atoms with Crippen LogP contribution in [0.2, 0.25) is 0 Å². The maximum Gasteiger partial charge on any atom is 0.238 e. The maximum atomic E-state index is 11.3. The normalized spacial score (nSPS) is 28.1. The highest BCUT2D eigenvalue weighted by atomic mass is 32.2. The molecule has 1 heterocycles. The van der Waals surface area contributed by atoms with Gasteiger partial charge < -0.3 is 15.4 Å². The Morgan fingerprint density at radius 2 is 2.04 bits per heavy atom. The number of hydrogen-bond acceptors (Lipinski definition) is 5. The molecule has 0 spiro atoms. The molecule has 3 rings (SSSR count). The molecule has 0 aromatic heterocycles. The second kappa shape index (κ2) is 7.93. The minimum absolute atomic E-state index is 0.165. The van der Waals surface area contributed by atoms with Gasteiger partial charge in [-0.25, -0.2) is 13.6 Å². The molecular formula is C17H27N3O3S. The zero-order chi connectivity index (χ0) is 17.0. The van der Waals surface area contributed by atoms with Gasteiger partial charge in [-0.05, 0) is 49.4 Å². The average Bonchev–Trinajstić information content (AvgIpc) is 3.04. The molecule has 1 aromatic carbocycles. The van der Waals surface area contributed by atoms with Crippen LogP contribution in [0.5, 0.6) is 0 Å². The molecule has 1 aliphatic heterocycles. The molecule has 7 heteroatoms. The van der Waals surface area contributed by atoms with Crippen molar-refractivity contribution in [2.45, 2.75) is 42.7 Å². The third-order valence-electron chi connectivity index (χ3n) is 5.11. The van der Waals surface area contributed by atoms with Crippen LogP contribution >= 0.6 is 0 Å². The van der Waals surface area contributed by atoms with E-state index in [1.165, 1.54) is 19.3 Å². The Bertz CT molecular complexity index is 627. The molecule has 1 aliphatic carbocycles. The summed E-state index contributed by atoms with van der Waals surface area (Å²) in [6.45, 7) is 3.47. The summed E-state index contributed by atoms with van der Waals surface area (Å²) in [5.74, 6) is 0.634. The molecule has 0 radical (unpaired) electrons. The van der Waals surface area contributed by atoms with Gasteiger partial charge in [0.25, 0.3) is 0 Å². The topological polar surface area (TPSA) is 93.5 Å². The Balaban J connectivity index is 1.48. The van der Waals surface area contributed by atoms with Gasteiger partial charge in [-0.2, -0.15) is 0 Å². The van der Waals surface area contributed by atoms with Crippen LogP contribution < -0.4 is 15.8 Å². The van der Waals surface area contributed by atoms with Gasteiger partial charge in [-0.15, -0.1) is 0 Å². The van der Waals surface area contributed by atoms with Crippen molar-refractivity contribution in [1.29, 1.82) is 0 Å². The van der Waals surface area contributed by atoms with E-state index in [0.29, 0.717) is 18.0 Å². The quantitative estimate of drug-likeness (QED) is 0.697. The Hall–Kier alpha value is -0.990. The van der Waals surface area contributed by atoms with Crippen LogP contribution in [0.1, 0.15) is 24.8 Å². The van der Waals surface area contributed by atoms with Gasteiger partial charge in [0.15, 0.2) is 0 Å². The highest BCUT2D eigenvalue weighted by Gasteiger charge is 2.34. The van der Waals surface area contributed by atoms with E-state index >= 15 is 0 Å². The number of nitrogens with one attached hydrogen (secondary N) is 2. The summed E-state index contributed by atoms with van der Waals surface area (Å²) in [5, 5.41) is 12.4. The second-order valence-corrected chi connectivity index (χ2v) is 8.29. The van der Waals surface area contributed by atoms with Crippen LogP contribution in [0, 0.1) is 5.92 Å². The predicted molar refractivity (Wildman–Crippen MR) is 93.3 cm³/mol. The summed E-state index contributed by atoms with van der Waals surface area (Å²) in [7, 11) is -3.61. The number of hydrogen-bond donors (Lipinski definition) is 3. The Labute approximate surface area is 144 Å². The average molecular weight is 353 g/mol. The van der Waals surface area contributed by atoms with Crippen molar-refractivity contribution in [3.05, 3.63) is 29.8 Å². The van der Waals surface area contributed by atoms with E-state index in [0.717, 1.165) is 38.3 Å². The lowest BCUT2D eigenvalue weighted by atomic mass is 9.94. The van der Waals surface area contributed by atoms with E-state index in [1.807, 2.05) is 12.1 Å². The van der Waals surface area contributed by atoms with E-state index in [-0.39, 0.29) is 4.90 Å². The van der Waals surface area contributed by atoms with E-state index in [9.17, 15) is 8.42 Å². The lowest BCUT2D eigenvalue weighted by Gasteiger charge is -2.33. The summed E-state index contributed by atoms with van der Waals surface area (Å²) < 4.78 is 28.1. The molecule has 1 saturated heterocycles. The lowest BCUT2D eigenvalue weighted by molar-refractivity contribution is 0.0526. The molecule has 1 aromatic rings. The van der Waals surface area contributed by atoms with Crippen molar-refractivity contribution in [2.24, 2.45) is 11.1 Å². The van der Waals surface area contributed by atoms with Crippen molar-refractivity contribution in [1.82, 2.24) is 10.6 Å². The first-order valence-corrected chi connectivity index (χ1v) is 10.2. The molecule has 2 aliphatic rings. The molecule has 0 amide bonds.